The van der Waals surface area contributed by atoms with Crippen LogP contribution >= 0.6 is 0 Å². The SMILES string of the molecule is Cc1ccc(O[C@H](C)C(=O)OCC(=O)Nc2cc(C3CC3)nn2-c2ccccc2)cc1. The highest BCUT2D eigenvalue weighted by atomic mass is 16.6. The van der Waals surface area contributed by atoms with E-state index < -0.39 is 24.6 Å². The number of ether oxygens (including phenoxy) is 2. The number of hydrogen-bond acceptors (Lipinski definition) is 5. The van der Waals surface area contributed by atoms with Gasteiger partial charge in [-0.2, -0.15) is 5.10 Å². The predicted octanol–water partition coefficient (Wildman–Crippen LogP) is 4.01. The lowest BCUT2D eigenvalue weighted by Crippen LogP contribution is -2.30. The topological polar surface area (TPSA) is 82.4 Å². The smallest absolute Gasteiger partial charge is 0.347 e. The number of carbonyl (C=O) groups is 2. The maximum absolute atomic E-state index is 12.4. The normalized spacial score (nSPS) is 14.0. The Kier molecular flexibility index (Phi) is 6.02. The minimum Gasteiger partial charge on any atom is -0.479 e. The summed E-state index contributed by atoms with van der Waals surface area (Å²) in [6.45, 7) is 3.16. The van der Waals surface area contributed by atoms with Gasteiger partial charge >= 0.3 is 5.97 Å². The van der Waals surface area contributed by atoms with Crippen LogP contribution in [0.2, 0.25) is 0 Å². The molecule has 1 aliphatic rings. The Morgan fingerprint density at radius 3 is 2.52 bits per heavy atom. The van der Waals surface area contributed by atoms with Crippen molar-refractivity contribution in [3.8, 4) is 11.4 Å². The fourth-order valence-corrected chi connectivity index (χ4v) is 3.14. The van der Waals surface area contributed by atoms with Gasteiger partial charge in [0.1, 0.15) is 11.6 Å². The monoisotopic (exact) mass is 419 g/mol. The van der Waals surface area contributed by atoms with E-state index in [0.29, 0.717) is 17.5 Å². The van der Waals surface area contributed by atoms with Crippen LogP contribution in [0.5, 0.6) is 5.75 Å². The zero-order valence-corrected chi connectivity index (χ0v) is 17.6. The molecule has 1 saturated carbocycles. The number of aromatic nitrogens is 2. The molecule has 1 heterocycles. The van der Waals surface area contributed by atoms with Crippen LogP contribution in [-0.4, -0.2) is 34.4 Å². The molecule has 1 N–H and O–H groups in total. The molecule has 3 aromatic rings. The van der Waals surface area contributed by atoms with Crippen molar-refractivity contribution in [2.75, 3.05) is 11.9 Å². The Bertz CT molecular complexity index is 1060. The highest BCUT2D eigenvalue weighted by Crippen LogP contribution is 2.40. The molecule has 31 heavy (non-hydrogen) atoms. The van der Waals surface area contributed by atoms with Gasteiger partial charge in [0, 0.05) is 12.0 Å². The van der Waals surface area contributed by atoms with Crippen LogP contribution in [0.15, 0.2) is 60.7 Å². The molecule has 1 aliphatic carbocycles. The summed E-state index contributed by atoms with van der Waals surface area (Å²) in [5.41, 5.74) is 2.90. The number of hydrogen-bond donors (Lipinski definition) is 1. The first-order chi connectivity index (χ1) is 15.0. The van der Waals surface area contributed by atoms with Crippen LogP contribution < -0.4 is 10.1 Å². The Hall–Kier alpha value is -3.61. The van der Waals surface area contributed by atoms with Gasteiger partial charge in [-0.15, -0.1) is 0 Å². The van der Waals surface area contributed by atoms with Crippen molar-refractivity contribution in [3.63, 3.8) is 0 Å². The molecule has 0 saturated heterocycles. The first-order valence-electron chi connectivity index (χ1n) is 10.3. The number of para-hydroxylation sites is 1. The molecule has 0 unspecified atom stereocenters. The van der Waals surface area contributed by atoms with Crippen molar-refractivity contribution in [1.29, 1.82) is 0 Å². The van der Waals surface area contributed by atoms with E-state index in [1.54, 1.807) is 23.7 Å². The van der Waals surface area contributed by atoms with Gasteiger partial charge in [0.15, 0.2) is 12.7 Å². The van der Waals surface area contributed by atoms with Crippen LogP contribution in [0.25, 0.3) is 5.69 Å². The van der Waals surface area contributed by atoms with Gasteiger partial charge in [-0.05, 0) is 51.0 Å². The van der Waals surface area contributed by atoms with Gasteiger partial charge in [0.2, 0.25) is 0 Å². The average molecular weight is 419 g/mol. The van der Waals surface area contributed by atoms with Crippen LogP contribution in [0.1, 0.15) is 36.9 Å². The largest absolute Gasteiger partial charge is 0.479 e. The van der Waals surface area contributed by atoms with E-state index in [2.05, 4.69) is 10.4 Å². The Labute approximate surface area is 181 Å². The third-order valence-corrected chi connectivity index (χ3v) is 5.00. The lowest BCUT2D eigenvalue weighted by molar-refractivity contribution is -0.153. The number of carbonyl (C=O) groups excluding carboxylic acids is 2. The number of nitrogens with zero attached hydrogens (tertiary/aromatic N) is 2. The van der Waals surface area contributed by atoms with E-state index in [9.17, 15) is 9.59 Å². The maximum atomic E-state index is 12.4. The van der Waals surface area contributed by atoms with Gasteiger partial charge < -0.3 is 14.8 Å². The molecule has 160 valence electrons. The Balaban J connectivity index is 1.35. The number of rotatable bonds is 8. The number of aryl methyl sites for hydroxylation is 1. The second-order valence-corrected chi connectivity index (χ2v) is 7.71. The lowest BCUT2D eigenvalue weighted by atomic mass is 10.2. The number of anilines is 1. The van der Waals surface area contributed by atoms with Crippen LogP contribution in [0.3, 0.4) is 0 Å². The average Bonchev–Trinajstić information content (AvgIpc) is 3.55. The van der Waals surface area contributed by atoms with Crippen LogP contribution in [0, 0.1) is 6.92 Å². The molecule has 1 amide bonds. The van der Waals surface area contributed by atoms with Crippen molar-refractivity contribution in [1.82, 2.24) is 9.78 Å². The van der Waals surface area contributed by atoms with E-state index >= 15 is 0 Å². The van der Waals surface area contributed by atoms with Crippen molar-refractivity contribution in [2.24, 2.45) is 0 Å². The van der Waals surface area contributed by atoms with E-state index in [1.807, 2.05) is 55.5 Å². The first-order valence-corrected chi connectivity index (χ1v) is 10.3. The highest BCUT2D eigenvalue weighted by molar-refractivity contribution is 5.92. The quantitative estimate of drug-likeness (QED) is 0.558. The number of benzene rings is 2. The second-order valence-electron chi connectivity index (χ2n) is 7.71. The van der Waals surface area contributed by atoms with Gasteiger partial charge in [0.25, 0.3) is 5.91 Å². The van der Waals surface area contributed by atoms with Crippen LogP contribution in [0.4, 0.5) is 5.82 Å². The molecular formula is C24H25N3O4. The molecule has 7 heteroatoms. The summed E-state index contributed by atoms with van der Waals surface area (Å²) in [7, 11) is 0. The summed E-state index contributed by atoms with van der Waals surface area (Å²) in [5.74, 6) is 0.525. The molecule has 1 atom stereocenters. The molecular weight excluding hydrogens is 394 g/mol. The van der Waals surface area contributed by atoms with Crippen molar-refractivity contribution < 1.29 is 19.1 Å². The standard InChI is InChI=1S/C24H25N3O4/c1-16-8-12-20(13-9-16)31-17(2)24(29)30-15-23(28)25-22-14-21(18-10-11-18)26-27(22)19-6-4-3-5-7-19/h3-9,12-14,17-18H,10-11,15H2,1-2H3,(H,25,28)/t17-/m1/s1. The minimum absolute atomic E-state index is 0.404. The Morgan fingerprint density at radius 2 is 1.84 bits per heavy atom. The summed E-state index contributed by atoms with van der Waals surface area (Å²) in [6, 6.07) is 18.8. The molecule has 0 aliphatic heterocycles. The van der Waals surface area contributed by atoms with E-state index in [-0.39, 0.29) is 0 Å². The lowest BCUT2D eigenvalue weighted by Gasteiger charge is -2.14. The van der Waals surface area contributed by atoms with Crippen molar-refractivity contribution >= 4 is 17.7 Å². The zero-order chi connectivity index (χ0) is 21.8. The summed E-state index contributed by atoms with van der Waals surface area (Å²) in [4.78, 5) is 24.7. The van der Waals surface area contributed by atoms with Crippen molar-refractivity contribution in [2.45, 2.75) is 38.7 Å². The number of esters is 1. The first kappa shape index (κ1) is 20.7. The van der Waals surface area contributed by atoms with E-state index in [4.69, 9.17) is 9.47 Å². The molecule has 2 aromatic carbocycles. The summed E-state index contributed by atoms with van der Waals surface area (Å²) in [6.07, 6.45) is 1.39. The van der Waals surface area contributed by atoms with Crippen molar-refractivity contribution in [3.05, 3.63) is 71.9 Å². The van der Waals surface area contributed by atoms with Gasteiger partial charge in [0.05, 0.1) is 11.4 Å². The molecule has 4 rings (SSSR count). The van der Waals surface area contributed by atoms with E-state index in [0.717, 1.165) is 29.8 Å². The fraction of sp³-hybridized carbons (Fsp3) is 0.292. The fourth-order valence-electron chi connectivity index (χ4n) is 3.14. The molecule has 7 nitrogen and oxygen atoms in total. The molecule has 1 fully saturated rings. The third kappa shape index (κ3) is 5.31. The Morgan fingerprint density at radius 1 is 1.13 bits per heavy atom. The van der Waals surface area contributed by atoms with Gasteiger partial charge in [-0.1, -0.05) is 35.9 Å². The molecule has 0 spiro atoms. The maximum Gasteiger partial charge on any atom is 0.347 e. The molecule has 0 radical (unpaired) electrons. The molecule has 0 bridgehead atoms. The number of nitrogens with one attached hydrogen (secondary N) is 1. The van der Waals surface area contributed by atoms with Crippen LogP contribution in [-0.2, 0) is 14.3 Å². The van der Waals surface area contributed by atoms with Gasteiger partial charge in [-0.25, -0.2) is 9.48 Å². The number of amides is 1. The second kappa shape index (κ2) is 9.04. The van der Waals surface area contributed by atoms with Gasteiger partial charge in [-0.3, -0.25) is 4.79 Å². The highest BCUT2D eigenvalue weighted by Gasteiger charge is 2.28. The zero-order valence-electron chi connectivity index (χ0n) is 17.6. The molecule has 1 aromatic heterocycles. The summed E-state index contributed by atoms with van der Waals surface area (Å²) >= 11 is 0. The predicted molar refractivity (Wildman–Crippen MR) is 116 cm³/mol. The summed E-state index contributed by atoms with van der Waals surface area (Å²) in [5, 5.41) is 7.45. The third-order valence-electron chi connectivity index (χ3n) is 5.00. The summed E-state index contributed by atoms with van der Waals surface area (Å²) < 4.78 is 12.4. The van der Waals surface area contributed by atoms with E-state index in [1.165, 1.54) is 0 Å². The minimum atomic E-state index is -0.827.